The van der Waals surface area contributed by atoms with E-state index in [0.717, 1.165) is 36.7 Å². The van der Waals surface area contributed by atoms with Crippen molar-refractivity contribution < 1.29 is 14.3 Å². The molecule has 0 saturated carbocycles. The molecule has 3 heterocycles. The fourth-order valence-electron chi connectivity index (χ4n) is 3.72. The summed E-state index contributed by atoms with van der Waals surface area (Å²) >= 11 is 7.42. The number of nitrogens with zero attached hydrogens (tertiary/aromatic N) is 4. The van der Waals surface area contributed by atoms with Crippen LogP contribution in [0.15, 0.2) is 64.2 Å². The van der Waals surface area contributed by atoms with Gasteiger partial charge in [-0.2, -0.15) is 10.0 Å². The zero-order valence-electron chi connectivity index (χ0n) is 18.2. The van der Waals surface area contributed by atoms with Crippen LogP contribution in [0.1, 0.15) is 18.4 Å². The molecule has 0 spiro atoms. The predicted molar refractivity (Wildman–Crippen MR) is 135 cm³/mol. The lowest BCUT2D eigenvalue weighted by atomic mass is 10.1. The second-order valence-corrected chi connectivity index (χ2v) is 9.13. The molecule has 1 N–H and O–H groups in total. The van der Waals surface area contributed by atoms with Crippen molar-refractivity contribution >= 4 is 51.5 Å². The quantitative estimate of drug-likeness (QED) is 0.469. The van der Waals surface area contributed by atoms with Gasteiger partial charge in [0.25, 0.3) is 5.91 Å². The molecule has 3 aliphatic rings. The number of hydrazone groups is 1. The summed E-state index contributed by atoms with van der Waals surface area (Å²) in [6.07, 6.45) is 3.91. The Balaban J connectivity index is 1.20. The van der Waals surface area contributed by atoms with Crippen LogP contribution in [0, 0.1) is 5.41 Å². The van der Waals surface area contributed by atoms with Gasteiger partial charge in [-0.3, -0.25) is 10.2 Å². The van der Waals surface area contributed by atoms with Gasteiger partial charge in [-0.1, -0.05) is 35.9 Å². The summed E-state index contributed by atoms with van der Waals surface area (Å²) in [5, 5.41) is 16.3. The lowest BCUT2D eigenvalue weighted by Gasteiger charge is -2.20. The average Bonchev–Trinajstić information content (AvgIpc) is 3.52. The molecule has 2 aromatic rings. The summed E-state index contributed by atoms with van der Waals surface area (Å²) in [4.78, 5) is 18.9. The van der Waals surface area contributed by atoms with Crippen molar-refractivity contribution in [2.24, 2.45) is 10.1 Å². The highest BCUT2D eigenvalue weighted by atomic mass is 35.5. The van der Waals surface area contributed by atoms with E-state index in [0.29, 0.717) is 34.9 Å². The monoisotopic (exact) mass is 495 g/mol. The molecule has 10 heteroatoms. The van der Waals surface area contributed by atoms with Crippen LogP contribution in [0.25, 0.3) is 6.08 Å². The molecule has 0 radical (unpaired) electrons. The number of aliphatic imine (C=N–C) groups is 1. The number of ether oxygens (including phenoxy) is 2. The van der Waals surface area contributed by atoms with E-state index in [1.807, 2.05) is 36.4 Å². The van der Waals surface area contributed by atoms with Crippen LogP contribution < -0.4 is 9.47 Å². The molecule has 0 aromatic heterocycles. The minimum atomic E-state index is -0.432. The van der Waals surface area contributed by atoms with Crippen molar-refractivity contribution in [3.8, 4) is 11.5 Å². The van der Waals surface area contributed by atoms with Gasteiger partial charge in [-0.15, -0.1) is 5.10 Å². The Bertz CT molecular complexity index is 1210. The van der Waals surface area contributed by atoms with Crippen LogP contribution in [0.2, 0.25) is 5.02 Å². The zero-order valence-corrected chi connectivity index (χ0v) is 19.8. The first-order valence-corrected chi connectivity index (χ1v) is 12.1. The Morgan fingerprint density at radius 1 is 1.03 bits per heavy atom. The Labute approximate surface area is 206 Å². The van der Waals surface area contributed by atoms with Gasteiger partial charge < -0.3 is 14.4 Å². The topological polar surface area (TPSA) is 90.6 Å². The maximum Gasteiger partial charge on any atom is 0.283 e. The van der Waals surface area contributed by atoms with Gasteiger partial charge >= 0.3 is 0 Å². The molecular weight excluding hydrogens is 474 g/mol. The maximum atomic E-state index is 12.6. The first kappa shape index (κ1) is 22.5. The molecular formula is C24H22ClN5O3S. The van der Waals surface area contributed by atoms with Crippen LogP contribution in [0.5, 0.6) is 11.5 Å². The summed E-state index contributed by atoms with van der Waals surface area (Å²) in [6.45, 7) is 2.60. The van der Waals surface area contributed by atoms with Crippen molar-refractivity contribution in [1.82, 2.24) is 9.91 Å². The van der Waals surface area contributed by atoms with E-state index in [9.17, 15) is 4.79 Å². The van der Waals surface area contributed by atoms with Crippen LogP contribution >= 0.6 is 23.4 Å². The molecule has 1 fully saturated rings. The standard InChI is InChI=1S/C24H22ClN5O3S/c25-19-5-1-2-6-20(19)33-14-13-32-17-9-7-16(8-10-17)15-18-21(26)30-23(27-22(18)31)34-24(28-30)29-11-3-4-12-29/h1-2,5-10,15,26H,3-4,11-14H2/b18-15-,26-21?. The number of rotatable bonds is 6. The lowest BCUT2D eigenvalue weighted by Crippen LogP contribution is -2.35. The van der Waals surface area contributed by atoms with Gasteiger partial charge in [0, 0.05) is 13.1 Å². The number of benzene rings is 2. The fraction of sp³-hybridized carbons (Fsp3) is 0.250. The Morgan fingerprint density at radius 3 is 2.53 bits per heavy atom. The van der Waals surface area contributed by atoms with E-state index >= 15 is 0 Å². The number of carbonyl (C=O) groups excluding carboxylic acids is 1. The molecule has 5 rings (SSSR count). The number of halogens is 1. The highest BCUT2D eigenvalue weighted by Crippen LogP contribution is 2.31. The number of para-hydroxylation sites is 1. The first-order chi connectivity index (χ1) is 16.6. The molecule has 0 atom stereocenters. The molecule has 0 unspecified atom stereocenters. The van der Waals surface area contributed by atoms with Gasteiger partial charge in [-0.25, -0.2) is 0 Å². The van der Waals surface area contributed by atoms with E-state index in [-0.39, 0.29) is 11.4 Å². The van der Waals surface area contributed by atoms with Gasteiger partial charge in [-0.05, 0) is 60.5 Å². The first-order valence-electron chi connectivity index (χ1n) is 10.9. The van der Waals surface area contributed by atoms with E-state index in [1.54, 1.807) is 18.2 Å². The molecule has 8 nitrogen and oxygen atoms in total. The second-order valence-electron chi connectivity index (χ2n) is 7.79. The third kappa shape index (κ3) is 4.80. The highest BCUT2D eigenvalue weighted by molar-refractivity contribution is 8.26. The minimum absolute atomic E-state index is 0.0359. The van der Waals surface area contributed by atoms with Crippen molar-refractivity contribution in [2.45, 2.75) is 12.8 Å². The molecule has 2 aromatic carbocycles. The van der Waals surface area contributed by atoms with Gasteiger partial charge in [0.2, 0.25) is 5.17 Å². The van der Waals surface area contributed by atoms with Crippen molar-refractivity contribution in [2.75, 3.05) is 26.3 Å². The Morgan fingerprint density at radius 2 is 1.76 bits per heavy atom. The summed E-state index contributed by atoms with van der Waals surface area (Å²) in [7, 11) is 0. The summed E-state index contributed by atoms with van der Waals surface area (Å²) in [6, 6.07) is 14.6. The molecule has 0 bridgehead atoms. The van der Waals surface area contributed by atoms with E-state index in [1.165, 1.54) is 16.8 Å². The molecule has 34 heavy (non-hydrogen) atoms. The van der Waals surface area contributed by atoms with Gasteiger partial charge in [0.1, 0.15) is 24.7 Å². The normalized spacial score (nSPS) is 18.8. The lowest BCUT2D eigenvalue weighted by molar-refractivity contribution is -0.114. The zero-order chi connectivity index (χ0) is 23.5. The van der Waals surface area contributed by atoms with Crippen LogP contribution in [-0.2, 0) is 4.79 Å². The second kappa shape index (κ2) is 9.90. The maximum absolute atomic E-state index is 12.6. The van der Waals surface area contributed by atoms with Crippen molar-refractivity contribution in [3.63, 3.8) is 0 Å². The van der Waals surface area contributed by atoms with Crippen molar-refractivity contribution in [1.29, 1.82) is 5.41 Å². The number of likely N-dealkylation sites (tertiary alicyclic amines) is 1. The number of nitrogens with one attached hydrogen (secondary N) is 1. The van der Waals surface area contributed by atoms with E-state index in [4.69, 9.17) is 26.5 Å². The number of carbonyl (C=O) groups is 1. The number of hydrogen-bond donors (Lipinski definition) is 1. The minimum Gasteiger partial charge on any atom is -0.490 e. The molecule has 174 valence electrons. The summed E-state index contributed by atoms with van der Waals surface area (Å²) in [5.41, 5.74) is 0.972. The average molecular weight is 496 g/mol. The Kier molecular flexibility index (Phi) is 6.55. The molecule has 3 aliphatic heterocycles. The third-order valence-electron chi connectivity index (χ3n) is 5.46. The Hall–Kier alpha value is -3.30. The molecule has 1 saturated heterocycles. The summed E-state index contributed by atoms with van der Waals surface area (Å²) in [5.74, 6) is 0.895. The number of hydrogen-bond acceptors (Lipinski definition) is 7. The number of amides is 1. The molecule has 0 aliphatic carbocycles. The number of fused-ring (bicyclic) bond motifs is 1. The number of thioether (sulfide) groups is 1. The fourth-order valence-corrected chi connectivity index (χ4v) is 4.85. The highest BCUT2D eigenvalue weighted by Gasteiger charge is 2.37. The largest absolute Gasteiger partial charge is 0.490 e. The van der Waals surface area contributed by atoms with Gasteiger partial charge in [0.15, 0.2) is 11.0 Å². The third-order valence-corrected chi connectivity index (χ3v) is 6.74. The van der Waals surface area contributed by atoms with Crippen LogP contribution in [0.4, 0.5) is 0 Å². The SMILES string of the molecule is N=C1/C(=C/c2ccc(OCCOc3ccccc3Cl)cc2)C(=O)N=C2SC(N3CCCC3)=NN12. The summed E-state index contributed by atoms with van der Waals surface area (Å²) < 4.78 is 11.3. The van der Waals surface area contributed by atoms with Crippen LogP contribution in [-0.4, -0.2) is 58.3 Å². The van der Waals surface area contributed by atoms with Crippen molar-refractivity contribution in [3.05, 3.63) is 64.7 Å². The molecule has 1 amide bonds. The smallest absolute Gasteiger partial charge is 0.283 e. The van der Waals surface area contributed by atoms with Gasteiger partial charge in [0.05, 0.1) is 10.6 Å². The van der Waals surface area contributed by atoms with Crippen LogP contribution in [0.3, 0.4) is 0 Å². The predicted octanol–water partition coefficient (Wildman–Crippen LogP) is 4.47. The van der Waals surface area contributed by atoms with E-state index < -0.39 is 5.91 Å². The number of amidine groups is 3. The van der Waals surface area contributed by atoms with E-state index in [2.05, 4.69) is 15.0 Å².